The average Bonchev–Trinajstić information content (AvgIpc) is 2.78. The molecule has 0 aliphatic rings. The highest BCUT2D eigenvalue weighted by Crippen LogP contribution is 2.20. The zero-order valence-corrected chi connectivity index (χ0v) is 21.1. The summed E-state index contributed by atoms with van der Waals surface area (Å²) in [5.41, 5.74) is 0. The Morgan fingerprint density at radius 2 is 0.971 bits per heavy atom. The lowest BCUT2D eigenvalue weighted by molar-refractivity contribution is 0.567. The van der Waals surface area contributed by atoms with Gasteiger partial charge < -0.3 is 0 Å². The van der Waals surface area contributed by atoms with Gasteiger partial charge in [-0.2, -0.15) is 27.1 Å². The van der Waals surface area contributed by atoms with E-state index in [-0.39, 0.29) is 22.6 Å². The summed E-state index contributed by atoms with van der Waals surface area (Å²) in [6, 6.07) is 13.9. The maximum atomic E-state index is 12.7. The molecule has 0 amide bonds. The second kappa shape index (κ2) is 11.2. The van der Waals surface area contributed by atoms with Crippen molar-refractivity contribution in [2.45, 2.75) is 34.1 Å². The highest BCUT2D eigenvalue weighted by Gasteiger charge is 2.37. The summed E-state index contributed by atoms with van der Waals surface area (Å²) >= 11 is 0. The van der Waals surface area contributed by atoms with Crippen molar-refractivity contribution in [2.24, 2.45) is 19.3 Å². The molecule has 0 aromatic heterocycles. The van der Waals surface area contributed by atoms with Crippen LogP contribution in [0.5, 0.6) is 0 Å². The van der Waals surface area contributed by atoms with E-state index in [4.69, 9.17) is 0 Å². The Kier molecular flexibility index (Phi) is 9.15. The van der Waals surface area contributed by atoms with Crippen molar-refractivity contribution in [1.29, 1.82) is 0 Å². The normalized spacial score (nSPS) is 13.7. The molecule has 0 saturated heterocycles. The Morgan fingerprint density at radius 1 is 0.618 bits per heavy atom. The topological polar surface area (TPSA) is 186 Å². The van der Waals surface area contributed by atoms with Crippen LogP contribution in [0.4, 0.5) is 0 Å². The summed E-state index contributed by atoms with van der Waals surface area (Å²) < 4.78 is 103. The molecule has 0 spiro atoms. The zero-order chi connectivity index (χ0) is 25.5. The third-order valence-electron chi connectivity index (χ3n) is 4.21. The third kappa shape index (κ3) is 7.48. The van der Waals surface area contributed by atoms with E-state index in [0.29, 0.717) is 0 Å². The van der Waals surface area contributed by atoms with Gasteiger partial charge in [0.2, 0.25) is 0 Å². The van der Waals surface area contributed by atoms with Crippen LogP contribution in [0.25, 0.3) is 0 Å². The van der Waals surface area contributed by atoms with Crippen molar-refractivity contribution in [3.63, 3.8) is 0 Å². The van der Waals surface area contributed by atoms with Gasteiger partial charge in [-0.05, 0) is 30.7 Å². The molecule has 0 bridgehead atoms. The third-order valence-corrected chi connectivity index (χ3v) is 11.4. The highest BCUT2D eigenvalue weighted by molar-refractivity contribution is 8.09. The molecular formula is C18H22N4O8S4. The van der Waals surface area contributed by atoms with Crippen molar-refractivity contribution in [3.8, 4) is 0 Å². The number of nitrogens with zero attached hydrogens (tertiary/aromatic N) is 4. The molecule has 2 aromatic carbocycles. The predicted octanol–water partition coefficient (Wildman–Crippen LogP) is 2.54. The first-order chi connectivity index (χ1) is 15.8. The minimum absolute atomic E-state index is 0.141. The molecule has 2 rings (SSSR count). The van der Waals surface area contributed by atoms with Gasteiger partial charge in [-0.15, -0.1) is 0 Å². The lowest BCUT2D eigenvalue weighted by atomic mass is 10.4. The Balaban J connectivity index is 2.20. The van der Waals surface area contributed by atoms with Crippen molar-refractivity contribution in [2.75, 3.05) is 11.8 Å². The molecule has 186 valence electrons. The smallest absolute Gasteiger partial charge is 0.225 e. The van der Waals surface area contributed by atoms with E-state index in [1.54, 1.807) is 19.1 Å². The van der Waals surface area contributed by atoms with E-state index >= 15 is 0 Å². The average molecular weight is 551 g/mol. The number of hydrogen-bond donors (Lipinski definition) is 0. The number of benzene rings is 2. The number of sulfone groups is 2. The van der Waals surface area contributed by atoms with Crippen molar-refractivity contribution < 1.29 is 33.7 Å². The maximum absolute atomic E-state index is 12.7. The molecule has 0 aliphatic carbocycles. The maximum Gasteiger partial charge on any atom is 0.299 e. The van der Waals surface area contributed by atoms with E-state index < -0.39 is 56.1 Å². The summed E-state index contributed by atoms with van der Waals surface area (Å²) in [5.74, 6) is -2.41. The predicted molar refractivity (Wildman–Crippen MR) is 123 cm³/mol. The lowest BCUT2D eigenvalue weighted by Crippen LogP contribution is -2.33. The molecule has 0 atom stereocenters. The second-order valence-corrected chi connectivity index (χ2v) is 14.6. The summed E-state index contributed by atoms with van der Waals surface area (Å²) in [7, 11) is -17.6. The molecule has 0 radical (unpaired) electrons. The fraction of sp³-hybridized carbons (Fsp3) is 0.333. The van der Waals surface area contributed by atoms with E-state index in [2.05, 4.69) is 19.3 Å². The lowest BCUT2D eigenvalue weighted by Gasteiger charge is -2.14. The van der Waals surface area contributed by atoms with E-state index in [0.717, 1.165) is 0 Å². The standard InChI is InChI=1S/C18H22N4O8S4/c1-2-9-18(31(23,24)14-19-21-33(27,28)16-10-5-3-6-11-16)32(25,26)15-20-22-34(29,30)17-12-7-4-8-13-17/h3-8,10-13,18H,2,9,14-15H2,1H3/b21-19+,22-20+. The van der Waals surface area contributed by atoms with Gasteiger partial charge in [0.1, 0.15) is 0 Å². The van der Waals surface area contributed by atoms with Crippen LogP contribution in [0.2, 0.25) is 0 Å². The van der Waals surface area contributed by atoms with Crippen LogP contribution in [0, 0.1) is 0 Å². The van der Waals surface area contributed by atoms with Gasteiger partial charge in [0, 0.05) is 0 Å². The van der Waals surface area contributed by atoms with Crippen LogP contribution in [-0.2, 0) is 39.7 Å². The largest absolute Gasteiger partial charge is 0.299 e. The summed E-state index contributed by atoms with van der Waals surface area (Å²) in [6.07, 6.45) is -0.200. The van der Waals surface area contributed by atoms with Crippen LogP contribution >= 0.6 is 0 Å². The van der Waals surface area contributed by atoms with Crippen molar-refractivity contribution in [3.05, 3.63) is 60.7 Å². The monoisotopic (exact) mass is 550 g/mol. The molecule has 0 N–H and O–H groups in total. The molecule has 0 saturated carbocycles. The Bertz CT molecular complexity index is 1340. The minimum Gasteiger partial charge on any atom is -0.225 e. The Labute approximate surface area is 198 Å². The summed E-state index contributed by atoms with van der Waals surface area (Å²) in [6.45, 7) is 1.54. The van der Waals surface area contributed by atoms with Crippen molar-refractivity contribution >= 4 is 39.7 Å². The molecular weight excluding hydrogens is 528 g/mol. The van der Waals surface area contributed by atoms with Gasteiger partial charge in [-0.3, -0.25) is 0 Å². The second-order valence-electron chi connectivity index (χ2n) is 6.82. The molecule has 2 aromatic rings. The molecule has 16 heteroatoms. The summed E-state index contributed by atoms with van der Waals surface area (Å²) in [4.78, 5) is -0.428. The van der Waals surface area contributed by atoms with Crippen LogP contribution in [-0.4, -0.2) is 50.0 Å². The van der Waals surface area contributed by atoms with Gasteiger partial charge in [0.15, 0.2) is 36.0 Å². The molecule has 0 unspecified atom stereocenters. The highest BCUT2D eigenvalue weighted by atomic mass is 32.3. The van der Waals surface area contributed by atoms with Crippen LogP contribution < -0.4 is 0 Å². The molecule has 34 heavy (non-hydrogen) atoms. The van der Waals surface area contributed by atoms with Gasteiger partial charge in [0.05, 0.1) is 9.79 Å². The number of rotatable bonds is 12. The van der Waals surface area contributed by atoms with Crippen LogP contribution in [0.15, 0.2) is 89.7 Å². The number of hydrogen-bond acceptors (Lipinski definition) is 10. The van der Waals surface area contributed by atoms with Crippen LogP contribution in [0.3, 0.4) is 0 Å². The van der Waals surface area contributed by atoms with E-state index in [1.165, 1.54) is 48.5 Å². The molecule has 0 fully saturated rings. The van der Waals surface area contributed by atoms with Crippen LogP contribution in [0.1, 0.15) is 19.8 Å². The molecule has 12 nitrogen and oxygen atoms in total. The quantitative estimate of drug-likeness (QED) is 0.361. The van der Waals surface area contributed by atoms with Crippen molar-refractivity contribution in [1.82, 2.24) is 0 Å². The van der Waals surface area contributed by atoms with E-state index in [1.807, 2.05) is 0 Å². The zero-order valence-electron chi connectivity index (χ0n) is 17.9. The van der Waals surface area contributed by atoms with E-state index in [9.17, 15) is 33.7 Å². The summed E-state index contributed by atoms with van der Waals surface area (Å²) in [5, 5.41) is 6.40. The Hall–Kier alpha value is -2.56. The fourth-order valence-corrected chi connectivity index (χ4v) is 8.49. The van der Waals surface area contributed by atoms with Gasteiger partial charge in [-0.1, -0.05) is 58.8 Å². The van der Waals surface area contributed by atoms with Gasteiger partial charge in [0.25, 0.3) is 20.0 Å². The van der Waals surface area contributed by atoms with Gasteiger partial charge >= 0.3 is 0 Å². The SMILES string of the molecule is CCCC(S(=O)(=O)C/N=N/S(=O)(=O)c1ccccc1)S(=O)(=O)C/N=N/S(=O)(=O)c1ccccc1. The number of sulfonamides is 2. The minimum atomic E-state index is -4.53. The first-order valence-electron chi connectivity index (χ1n) is 9.62. The first kappa shape index (κ1) is 27.7. The fourth-order valence-electron chi connectivity index (χ4n) is 2.62. The Morgan fingerprint density at radius 3 is 1.29 bits per heavy atom. The molecule has 0 heterocycles. The first-order valence-corrected chi connectivity index (χ1v) is 15.9. The van der Waals surface area contributed by atoms with Gasteiger partial charge in [-0.25, -0.2) is 16.8 Å². The molecule has 0 aliphatic heterocycles.